The molecule has 0 aliphatic rings. The number of hydrogen-bond donors (Lipinski definition) is 2. The summed E-state index contributed by atoms with van der Waals surface area (Å²) in [5, 5.41) is 18.5. The molecule has 0 spiro atoms. The van der Waals surface area contributed by atoms with Crippen LogP contribution in [0.4, 0.5) is 4.39 Å². The maximum absolute atomic E-state index is 13.0. The highest BCUT2D eigenvalue weighted by Crippen LogP contribution is 2.26. The van der Waals surface area contributed by atoms with Gasteiger partial charge in [-0.25, -0.2) is 4.39 Å². The lowest BCUT2D eigenvalue weighted by Crippen LogP contribution is -2.09. The van der Waals surface area contributed by atoms with Crippen molar-refractivity contribution in [1.82, 2.24) is 0 Å². The second kappa shape index (κ2) is 5.82. The molecule has 3 nitrogen and oxygen atoms in total. The van der Waals surface area contributed by atoms with E-state index in [4.69, 9.17) is 9.84 Å². The van der Waals surface area contributed by atoms with E-state index in [9.17, 15) is 9.50 Å². The van der Waals surface area contributed by atoms with Crippen LogP contribution in [0.25, 0.3) is 0 Å². The monoisotopic (exact) mass is 228 g/mol. The number of aliphatic hydroxyl groups excluding tert-OH is 2. The molecule has 4 heteroatoms. The fraction of sp³-hybridized carbons (Fsp3) is 0.500. The minimum absolute atomic E-state index is 0.336. The molecule has 0 bridgehead atoms. The highest BCUT2D eigenvalue weighted by Gasteiger charge is 2.10. The molecule has 0 saturated carbocycles. The van der Waals surface area contributed by atoms with Gasteiger partial charge in [0, 0.05) is 12.0 Å². The Hall–Kier alpha value is -1.13. The van der Waals surface area contributed by atoms with Crippen LogP contribution in [0.3, 0.4) is 0 Å². The second-order valence-electron chi connectivity index (χ2n) is 3.84. The molecule has 1 aromatic rings. The van der Waals surface area contributed by atoms with E-state index >= 15 is 0 Å². The summed E-state index contributed by atoms with van der Waals surface area (Å²) < 4.78 is 18.3. The van der Waals surface area contributed by atoms with Crippen LogP contribution in [0.1, 0.15) is 31.9 Å². The fourth-order valence-corrected chi connectivity index (χ4v) is 1.32. The summed E-state index contributed by atoms with van der Waals surface area (Å²) in [6.45, 7) is 3.56. The average molecular weight is 228 g/mol. The van der Waals surface area contributed by atoms with E-state index in [1.54, 1.807) is 13.8 Å². The van der Waals surface area contributed by atoms with Crippen LogP contribution in [-0.4, -0.2) is 22.9 Å². The topological polar surface area (TPSA) is 49.7 Å². The van der Waals surface area contributed by atoms with E-state index in [1.807, 2.05) is 0 Å². The molecule has 0 saturated heterocycles. The lowest BCUT2D eigenvalue weighted by molar-refractivity contribution is 0.151. The first-order valence-corrected chi connectivity index (χ1v) is 5.29. The Balaban J connectivity index is 2.71. The van der Waals surface area contributed by atoms with Crippen LogP contribution in [-0.2, 0) is 0 Å². The number of aliphatic hydroxyl groups is 2. The van der Waals surface area contributed by atoms with Crippen molar-refractivity contribution < 1.29 is 19.3 Å². The Morgan fingerprint density at radius 1 is 1.31 bits per heavy atom. The molecule has 1 aromatic carbocycles. The zero-order valence-corrected chi connectivity index (χ0v) is 9.48. The summed E-state index contributed by atoms with van der Waals surface area (Å²) in [6, 6.07) is 4.02. The van der Waals surface area contributed by atoms with Gasteiger partial charge in [-0.15, -0.1) is 0 Å². The molecule has 0 fully saturated rings. The van der Waals surface area contributed by atoms with Crippen molar-refractivity contribution in [3.8, 4) is 5.75 Å². The van der Waals surface area contributed by atoms with E-state index in [0.717, 1.165) is 0 Å². The summed E-state index contributed by atoms with van der Waals surface area (Å²) in [5.74, 6) is 0.0517. The van der Waals surface area contributed by atoms with Gasteiger partial charge in [-0.05, 0) is 32.0 Å². The van der Waals surface area contributed by atoms with Crippen LogP contribution in [0, 0.1) is 5.82 Å². The highest BCUT2D eigenvalue weighted by molar-refractivity contribution is 5.35. The Morgan fingerprint density at radius 3 is 2.56 bits per heavy atom. The molecule has 0 aliphatic heterocycles. The SMILES string of the molecule is CC(O)CCOc1ccc(F)cc1[C@@H](C)O. The van der Waals surface area contributed by atoms with Gasteiger partial charge >= 0.3 is 0 Å². The summed E-state index contributed by atoms with van der Waals surface area (Å²) in [5.41, 5.74) is 0.422. The number of ether oxygens (including phenoxy) is 1. The number of rotatable bonds is 5. The van der Waals surface area contributed by atoms with Crippen LogP contribution >= 0.6 is 0 Å². The predicted molar refractivity (Wildman–Crippen MR) is 58.8 cm³/mol. The molecule has 0 aliphatic carbocycles. The summed E-state index contributed by atoms with van der Waals surface area (Å²) in [7, 11) is 0. The first kappa shape index (κ1) is 12.9. The lowest BCUT2D eigenvalue weighted by Gasteiger charge is -2.14. The van der Waals surface area contributed by atoms with Crippen molar-refractivity contribution in [3.63, 3.8) is 0 Å². The number of benzene rings is 1. The standard InChI is InChI=1S/C12H17FO3/c1-8(14)5-6-16-12-4-3-10(13)7-11(12)9(2)15/h3-4,7-9,14-15H,5-6H2,1-2H3/t8?,9-/m1/s1. The molecule has 2 atom stereocenters. The first-order valence-electron chi connectivity index (χ1n) is 5.29. The Kier molecular flexibility index (Phi) is 4.71. The molecule has 90 valence electrons. The molecule has 0 heterocycles. The zero-order chi connectivity index (χ0) is 12.1. The van der Waals surface area contributed by atoms with Crippen molar-refractivity contribution in [2.75, 3.05) is 6.61 Å². The van der Waals surface area contributed by atoms with Crippen molar-refractivity contribution in [3.05, 3.63) is 29.6 Å². The number of halogens is 1. The maximum atomic E-state index is 13.0. The molecule has 16 heavy (non-hydrogen) atoms. The number of hydrogen-bond acceptors (Lipinski definition) is 3. The van der Waals surface area contributed by atoms with Gasteiger partial charge in [0.2, 0.25) is 0 Å². The summed E-state index contributed by atoms with van der Waals surface area (Å²) in [4.78, 5) is 0. The van der Waals surface area contributed by atoms with Crippen LogP contribution in [0.2, 0.25) is 0 Å². The molecule has 1 unspecified atom stereocenters. The van der Waals surface area contributed by atoms with Gasteiger partial charge in [0.1, 0.15) is 11.6 Å². The van der Waals surface area contributed by atoms with Gasteiger partial charge in [0.15, 0.2) is 0 Å². The summed E-state index contributed by atoms with van der Waals surface area (Å²) >= 11 is 0. The van der Waals surface area contributed by atoms with Gasteiger partial charge in [-0.3, -0.25) is 0 Å². The Morgan fingerprint density at radius 2 is 2.00 bits per heavy atom. The van der Waals surface area contributed by atoms with E-state index in [0.29, 0.717) is 24.3 Å². The predicted octanol–water partition coefficient (Wildman–Crippen LogP) is 2.03. The quantitative estimate of drug-likeness (QED) is 0.810. The van der Waals surface area contributed by atoms with E-state index in [2.05, 4.69) is 0 Å². The third kappa shape index (κ3) is 3.79. The van der Waals surface area contributed by atoms with E-state index < -0.39 is 18.0 Å². The summed E-state index contributed by atoms with van der Waals surface area (Å²) in [6.07, 6.45) is -0.718. The largest absolute Gasteiger partial charge is 0.493 e. The van der Waals surface area contributed by atoms with Crippen molar-refractivity contribution >= 4 is 0 Å². The minimum atomic E-state index is -0.780. The molecule has 1 rings (SSSR count). The molecule has 0 radical (unpaired) electrons. The lowest BCUT2D eigenvalue weighted by atomic mass is 10.1. The van der Waals surface area contributed by atoms with Crippen LogP contribution in [0.15, 0.2) is 18.2 Å². The van der Waals surface area contributed by atoms with Gasteiger partial charge in [0.25, 0.3) is 0 Å². The fourth-order valence-electron chi connectivity index (χ4n) is 1.32. The first-order chi connectivity index (χ1) is 7.50. The molecule has 0 amide bonds. The molecular formula is C12H17FO3. The third-order valence-corrected chi connectivity index (χ3v) is 2.22. The Labute approximate surface area is 94.5 Å². The minimum Gasteiger partial charge on any atom is -0.493 e. The average Bonchev–Trinajstić information content (AvgIpc) is 2.19. The van der Waals surface area contributed by atoms with Gasteiger partial charge in [-0.2, -0.15) is 0 Å². The molecule has 0 aromatic heterocycles. The van der Waals surface area contributed by atoms with Crippen LogP contribution < -0.4 is 4.74 Å². The normalized spacial score (nSPS) is 14.6. The smallest absolute Gasteiger partial charge is 0.125 e. The highest BCUT2D eigenvalue weighted by atomic mass is 19.1. The second-order valence-corrected chi connectivity index (χ2v) is 3.84. The van der Waals surface area contributed by atoms with Gasteiger partial charge in [0.05, 0.1) is 18.8 Å². The van der Waals surface area contributed by atoms with Crippen molar-refractivity contribution in [2.24, 2.45) is 0 Å². The van der Waals surface area contributed by atoms with E-state index in [1.165, 1.54) is 18.2 Å². The van der Waals surface area contributed by atoms with Gasteiger partial charge in [-0.1, -0.05) is 0 Å². The van der Waals surface area contributed by atoms with E-state index in [-0.39, 0.29) is 0 Å². The Bertz CT molecular complexity index is 337. The third-order valence-electron chi connectivity index (χ3n) is 2.22. The maximum Gasteiger partial charge on any atom is 0.125 e. The van der Waals surface area contributed by atoms with Crippen molar-refractivity contribution in [1.29, 1.82) is 0 Å². The molecular weight excluding hydrogens is 211 g/mol. The van der Waals surface area contributed by atoms with Gasteiger partial charge < -0.3 is 14.9 Å². The van der Waals surface area contributed by atoms with Crippen LogP contribution in [0.5, 0.6) is 5.75 Å². The molecule has 2 N–H and O–H groups in total. The van der Waals surface area contributed by atoms with Crippen molar-refractivity contribution in [2.45, 2.75) is 32.5 Å². The zero-order valence-electron chi connectivity index (χ0n) is 9.48.